The third kappa shape index (κ3) is 4.33. The lowest BCUT2D eigenvalue weighted by molar-refractivity contribution is -0.384. The zero-order chi connectivity index (χ0) is 22.0. The summed E-state index contributed by atoms with van der Waals surface area (Å²) in [7, 11) is 0. The van der Waals surface area contributed by atoms with Crippen LogP contribution in [0.5, 0.6) is 0 Å². The lowest BCUT2D eigenvalue weighted by atomic mass is 10.1. The Morgan fingerprint density at radius 1 is 1.23 bits per heavy atom. The van der Waals surface area contributed by atoms with Crippen LogP contribution in [0.15, 0.2) is 41.4 Å². The fourth-order valence-electron chi connectivity index (χ4n) is 3.73. The number of thiazole rings is 1. The molecule has 1 saturated heterocycles. The first-order valence-electron chi connectivity index (χ1n) is 9.83. The summed E-state index contributed by atoms with van der Waals surface area (Å²) in [5.74, 6) is 2.01. The standard InChI is InChI=1S/C22H19ClN4O3S/c1-2-10-26-18-9-7-16(23)14-20(18)31-22(26)24-21(28)15-6-8-17(19(13-15)27(29)30)25-11-4-3-5-12-25/h1,6-9,13-14H,3-5,10-12H2. The van der Waals surface area contributed by atoms with Gasteiger partial charge in [0.2, 0.25) is 0 Å². The van der Waals surface area contributed by atoms with Crippen LogP contribution in [0.1, 0.15) is 29.6 Å². The van der Waals surface area contributed by atoms with Gasteiger partial charge in [0.15, 0.2) is 4.80 Å². The van der Waals surface area contributed by atoms with Crippen LogP contribution in [-0.4, -0.2) is 28.5 Å². The van der Waals surface area contributed by atoms with Gasteiger partial charge in [0.25, 0.3) is 11.6 Å². The summed E-state index contributed by atoms with van der Waals surface area (Å²) >= 11 is 7.37. The van der Waals surface area contributed by atoms with Gasteiger partial charge in [-0.05, 0) is 49.6 Å². The van der Waals surface area contributed by atoms with E-state index in [1.54, 1.807) is 28.8 Å². The maximum absolute atomic E-state index is 12.9. The molecular formula is C22H19ClN4O3S. The first kappa shape index (κ1) is 21.1. The van der Waals surface area contributed by atoms with Crippen molar-refractivity contribution in [2.45, 2.75) is 25.8 Å². The maximum atomic E-state index is 12.9. The largest absolute Gasteiger partial charge is 0.366 e. The van der Waals surface area contributed by atoms with Gasteiger partial charge >= 0.3 is 0 Å². The Morgan fingerprint density at radius 3 is 2.71 bits per heavy atom. The number of halogens is 1. The summed E-state index contributed by atoms with van der Waals surface area (Å²) in [4.78, 5) is 30.8. The highest BCUT2D eigenvalue weighted by atomic mass is 35.5. The van der Waals surface area contributed by atoms with Gasteiger partial charge in [-0.3, -0.25) is 14.9 Å². The van der Waals surface area contributed by atoms with E-state index in [9.17, 15) is 14.9 Å². The fourth-order valence-corrected chi connectivity index (χ4v) is 5.04. The number of nitro benzene ring substituents is 1. The summed E-state index contributed by atoms with van der Waals surface area (Å²) in [5.41, 5.74) is 1.45. The number of carbonyl (C=O) groups excluding carboxylic acids is 1. The molecule has 2 heterocycles. The molecule has 31 heavy (non-hydrogen) atoms. The number of rotatable bonds is 4. The van der Waals surface area contributed by atoms with Crippen molar-refractivity contribution in [3.8, 4) is 12.3 Å². The van der Waals surface area contributed by atoms with Gasteiger partial charge in [-0.1, -0.05) is 28.9 Å². The molecule has 0 N–H and O–H groups in total. The molecule has 1 aliphatic rings. The molecule has 0 spiro atoms. The minimum absolute atomic E-state index is 0.0810. The van der Waals surface area contributed by atoms with Crippen molar-refractivity contribution in [1.82, 2.24) is 4.57 Å². The Balaban J connectivity index is 1.75. The third-order valence-electron chi connectivity index (χ3n) is 5.21. The molecule has 0 bridgehead atoms. The molecule has 7 nitrogen and oxygen atoms in total. The van der Waals surface area contributed by atoms with Crippen molar-refractivity contribution in [2.24, 2.45) is 4.99 Å². The first-order valence-corrected chi connectivity index (χ1v) is 11.0. The van der Waals surface area contributed by atoms with E-state index in [1.165, 1.54) is 17.4 Å². The second kappa shape index (κ2) is 8.92. The van der Waals surface area contributed by atoms with Crippen LogP contribution >= 0.6 is 22.9 Å². The van der Waals surface area contributed by atoms with Crippen LogP contribution in [0.3, 0.4) is 0 Å². The van der Waals surface area contributed by atoms with Crippen LogP contribution in [-0.2, 0) is 6.54 Å². The van der Waals surface area contributed by atoms with Gasteiger partial charge in [-0.25, -0.2) is 0 Å². The van der Waals surface area contributed by atoms with E-state index in [2.05, 4.69) is 10.9 Å². The molecule has 158 valence electrons. The highest BCUT2D eigenvalue weighted by Crippen LogP contribution is 2.31. The summed E-state index contributed by atoms with van der Waals surface area (Å²) in [5, 5.41) is 12.3. The SMILES string of the molecule is C#CCn1c(=NC(=O)c2ccc(N3CCCCC3)c([N+](=O)[O-])c2)sc2cc(Cl)ccc21. The van der Waals surface area contributed by atoms with Crippen molar-refractivity contribution in [2.75, 3.05) is 18.0 Å². The summed E-state index contributed by atoms with van der Waals surface area (Å²) < 4.78 is 2.60. The van der Waals surface area contributed by atoms with Gasteiger partial charge in [0.05, 0.1) is 21.7 Å². The lowest BCUT2D eigenvalue weighted by Crippen LogP contribution is -2.30. The molecule has 3 aromatic rings. The zero-order valence-corrected chi connectivity index (χ0v) is 18.2. The number of fused-ring (bicyclic) bond motifs is 1. The van der Waals surface area contributed by atoms with Gasteiger partial charge < -0.3 is 9.47 Å². The van der Waals surface area contributed by atoms with Crippen LogP contribution in [0, 0.1) is 22.5 Å². The van der Waals surface area contributed by atoms with Crippen LogP contribution in [0.2, 0.25) is 5.02 Å². The number of hydrogen-bond donors (Lipinski definition) is 0. The molecule has 1 fully saturated rings. The molecule has 0 radical (unpaired) electrons. The molecule has 9 heteroatoms. The van der Waals surface area contributed by atoms with Crippen molar-refractivity contribution in [1.29, 1.82) is 0 Å². The van der Waals surface area contributed by atoms with Crippen molar-refractivity contribution in [3.63, 3.8) is 0 Å². The van der Waals surface area contributed by atoms with Gasteiger partial charge in [-0.2, -0.15) is 4.99 Å². The molecule has 1 amide bonds. The minimum atomic E-state index is -0.559. The van der Waals surface area contributed by atoms with E-state index in [0.717, 1.165) is 42.6 Å². The number of aromatic nitrogens is 1. The van der Waals surface area contributed by atoms with Gasteiger partial charge in [0, 0.05) is 29.7 Å². The number of piperidine rings is 1. The van der Waals surface area contributed by atoms with E-state index in [1.807, 2.05) is 11.0 Å². The second-order valence-corrected chi connectivity index (χ2v) is 8.66. The number of benzene rings is 2. The Kier molecular flexibility index (Phi) is 6.07. The Morgan fingerprint density at radius 2 is 2.00 bits per heavy atom. The molecule has 1 aromatic heterocycles. The molecule has 0 unspecified atom stereocenters. The molecular weight excluding hydrogens is 436 g/mol. The average molecular weight is 455 g/mol. The highest BCUT2D eigenvalue weighted by Gasteiger charge is 2.23. The lowest BCUT2D eigenvalue weighted by Gasteiger charge is -2.28. The molecule has 0 atom stereocenters. The summed E-state index contributed by atoms with van der Waals surface area (Å²) in [6.45, 7) is 1.78. The predicted octanol–water partition coefficient (Wildman–Crippen LogP) is 4.63. The first-order chi connectivity index (χ1) is 15.0. The quantitative estimate of drug-likeness (QED) is 0.327. The normalized spacial score (nSPS) is 14.6. The molecule has 1 aliphatic heterocycles. The van der Waals surface area contributed by atoms with Gasteiger partial charge in [0.1, 0.15) is 5.69 Å². The second-order valence-electron chi connectivity index (χ2n) is 7.21. The van der Waals surface area contributed by atoms with Crippen molar-refractivity contribution in [3.05, 3.63) is 61.9 Å². The Bertz CT molecular complexity index is 1280. The number of amides is 1. The Hall–Kier alpha value is -3.15. The highest BCUT2D eigenvalue weighted by molar-refractivity contribution is 7.16. The fraction of sp³-hybridized carbons (Fsp3) is 0.273. The predicted molar refractivity (Wildman–Crippen MR) is 123 cm³/mol. The van der Waals surface area contributed by atoms with Crippen LogP contribution in [0.25, 0.3) is 10.2 Å². The van der Waals surface area contributed by atoms with Crippen LogP contribution < -0.4 is 9.70 Å². The van der Waals surface area contributed by atoms with Crippen molar-refractivity contribution < 1.29 is 9.72 Å². The van der Waals surface area contributed by atoms with E-state index >= 15 is 0 Å². The monoisotopic (exact) mass is 454 g/mol. The summed E-state index contributed by atoms with van der Waals surface area (Å²) in [6.07, 6.45) is 8.61. The van der Waals surface area contributed by atoms with E-state index in [4.69, 9.17) is 18.0 Å². The molecule has 0 saturated carbocycles. The maximum Gasteiger partial charge on any atom is 0.293 e. The smallest absolute Gasteiger partial charge is 0.293 e. The Labute approximate surface area is 187 Å². The molecule has 0 aliphatic carbocycles. The molecule has 2 aromatic carbocycles. The van der Waals surface area contributed by atoms with Crippen LogP contribution in [0.4, 0.5) is 11.4 Å². The number of terminal acetylenes is 1. The topological polar surface area (TPSA) is 80.7 Å². The third-order valence-corrected chi connectivity index (χ3v) is 6.48. The van der Waals surface area contributed by atoms with E-state index < -0.39 is 10.8 Å². The zero-order valence-electron chi connectivity index (χ0n) is 16.6. The van der Waals surface area contributed by atoms with E-state index in [-0.39, 0.29) is 17.8 Å². The summed E-state index contributed by atoms with van der Waals surface area (Å²) in [6, 6.07) is 9.91. The average Bonchev–Trinajstić information content (AvgIpc) is 3.10. The number of hydrogen-bond acceptors (Lipinski definition) is 5. The number of nitrogens with zero attached hydrogens (tertiary/aromatic N) is 4. The number of anilines is 1. The van der Waals surface area contributed by atoms with Crippen molar-refractivity contribution >= 4 is 50.4 Å². The van der Waals surface area contributed by atoms with Gasteiger partial charge in [-0.15, -0.1) is 6.42 Å². The number of nitro groups is 1. The minimum Gasteiger partial charge on any atom is -0.366 e. The molecule has 4 rings (SSSR count). The number of carbonyl (C=O) groups is 1. The van der Waals surface area contributed by atoms with E-state index in [0.29, 0.717) is 15.5 Å².